The predicted molar refractivity (Wildman–Crippen MR) is 65.5 cm³/mol. The van der Waals surface area contributed by atoms with Crippen molar-refractivity contribution in [3.05, 3.63) is 0 Å². The van der Waals surface area contributed by atoms with Crippen molar-refractivity contribution in [2.24, 2.45) is 5.92 Å². The number of halogens is 3. The Balaban J connectivity index is 1.85. The first-order chi connectivity index (χ1) is 8.52. The molecular weight excluding hydrogens is 241 g/mol. The topological polar surface area (TPSA) is 15.3 Å². The molecule has 2 atom stereocenters. The van der Waals surface area contributed by atoms with Crippen LogP contribution < -0.4 is 5.32 Å². The first-order valence-corrected chi connectivity index (χ1v) is 7.06. The second kappa shape index (κ2) is 5.78. The molecule has 5 heteroatoms. The molecule has 18 heavy (non-hydrogen) atoms. The third kappa shape index (κ3) is 3.18. The minimum Gasteiger partial charge on any atom is -0.313 e. The van der Waals surface area contributed by atoms with Crippen LogP contribution in [0, 0.1) is 5.92 Å². The molecule has 1 saturated heterocycles. The average Bonchev–Trinajstić information content (AvgIpc) is 2.77. The minimum atomic E-state index is -4.00. The van der Waals surface area contributed by atoms with Crippen molar-refractivity contribution in [3.63, 3.8) is 0 Å². The summed E-state index contributed by atoms with van der Waals surface area (Å²) in [6.45, 7) is 4.25. The second-order valence-electron chi connectivity index (χ2n) is 5.51. The Bertz CT molecular complexity index is 259. The summed E-state index contributed by atoms with van der Waals surface area (Å²) in [5.41, 5.74) is 0. The van der Waals surface area contributed by atoms with Gasteiger partial charge in [0.15, 0.2) is 0 Å². The van der Waals surface area contributed by atoms with E-state index in [2.05, 4.69) is 17.1 Å². The number of alkyl halides is 3. The number of hydrogen-bond acceptors (Lipinski definition) is 2. The lowest BCUT2D eigenvalue weighted by molar-refractivity contribution is -0.186. The van der Waals surface area contributed by atoms with Crippen LogP contribution in [0.3, 0.4) is 0 Å². The fourth-order valence-corrected chi connectivity index (χ4v) is 3.44. The molecule has 1 aliphatic heterocycles. The van der Waals surface area contributed by atoms with Crippen molar-refractivity contribution in [3.8, 4) is 0 Å². The van der Waals surface area contributed by atoms with E-state index < -0.39 is 12.1 Å². The molecule has 2 rings (SSSR count). The number of nitrogens with zero attached hydrogens (tertiary/aromatic N) is 1. The number of piperidine rings is 1. The highest BCUT2D eigenvalue weighted by atomic mass is 19.4. The maximum absolute atomic E-state index is 12.6. The molecule has 0 spiro atoms. The van der Waals surface area contributed by atoms with Crippen molar-refractivity contribution in [1.29, 1.82) is 0 Å². The predicted octanol–water partition coefficient (Wildman–Crippen LogP) is 2.79. The Kier molecular flexibility index (Phi) is 4.54. The van der Waals surface area contributed by atoms with Crippen LogP contribution in [-0.4, -0.2) is 42.8 Å². The van der Waals surface area contributed by atoms with Gasteiger partial charge < -0.3 is 5.32 Å². The highest BCUT2D eigenvalue weighted by Gasteiger charge is 2.43. The standard InChI is InChI=1S/C13H23F3N2/c1-2-17-11-4-3-5-12(11)18-8-6-10(7-9-18)13(14,15)16/h10-12,17H,2-9H2,1H3. The zero-order valence-electron chi connectivity index (χ0n) is 11.0. The molecule has 0 amide bonds. The summed E-state index contributed by atoms with van der Waals surface area (Å²) in [4.78, 5) is 2.28. The lowest BCUT2D eigenvalue weighted by Crippen LogP contribution is -2.50. The molecule has 2 fully saturated rings. The summed E-state index contributed by atoms with van der Waals surface area (Å²) in [6.07, 6.45) is 0.0497. The van der Waals surface area contributed by atoms with Gasteiger partial charge in [0, 0.05) is 12.1 Å². The fourth-order valence-electron chi connectivity index (χ4n) is 3.44. The summed E-state index contributed by atoms with van der Waals surface area (Å²) in [5, 5.41) is 3.47. The molecular formula is C13H23F3N2. The molecule has 2 nitrogen and oxygen atoms in total. The zero-order valence-corrected chi connectivity index (χ0v) is 11.0. The highest BCUT2D eigenvalue weighted by Crippen LogP contribution is 2.36. The van der Waals surface area contributed by atoms with Crippen LogP contribution in [0.1, 0.15) is 39.0 Å². The number of hydrogen-bond donors (Lipinski definition) is 1. The van der Waals surface area contributed by atoms with Crippen LogP contribution in [-0.2, 0) is 0 Å². The third-order valence-electron chi connectivity index (χ3n) is 4.41. The van der Waals surface area contributed by atoms with Crippen molar-refractivity contribution in [2.45, 2.75) is 57.3 Å². The van der Waals surface area contributed by atoms with Gasteiger partial charge in [0.05, 0.1) is 5.92 Å². The summed E-state index contributed by atoms with van der Waals surface area (Å²) in [7, 11) is 0. The van der Waals surface area contributed by atoms with Gasteiger partial charge in [-0.05, 0) is 45.3 Å². The molecule has 2 unspecified atom stereocenters. The molecule has 0 radical (unpaired) electrons. The smallest absolute Gasteiger partial charge is 0.313 e. The molecule has 2 aliphatic rings. The number of nitrogens with one attached hydrogen (secondary N) is 1. The van der Waals surface area contributed by atoms with Gasteiger partial charge in [-0.25, -0.2) is 0 Å². The van der Waals surface area contributed by atoms with E-state index in [4.69, 9.17) is 0 Å². The molecule has 1 aliphatic carbocycles. The van der Waals surface area contributed by atoms with Gasteiger partial charge in [0.25, 0.3) is 0 Å². The van der Waals surface area contributed by atoms with E-state index in [1.54, 1.807) is 0 Å². The van der Waals surface area contributed by atoms with E-state index >= 15 is 0 Å². The number of likely N-dealkylation sites (N-methyl/N-ethyl adjacent to an activating group) is 1. The van der Waals surface area contributed by atoms with Crippen molar-refractivity contribution < 1.29 is 13.2 Å². The van der Waals surface area contributed by atoms with Crippen LogP contribution in [0.25, 0.3) is 0 Å². The molecule has 1 saturated carbocycles. The molecule has 0 aromatic rings. The molecule has 106 valence electrons. The molecule has 0 aromatic carbocycles. The normalized spacial score (nSPS) is 32.0. The summed E-state index contributed by atoms with van der Waals surface area (Å²) < 4.78 is 37.8. The van der Waals surface area contributed by atoms with Crippen LogP contribution in [0.5, 0.6) is 0 Å². The Morgan fingerprint density at radius 2 is 1.78 bits per heavy atom. The summed E-state index contributed by atoms with van der Waals surface area (Å²) in [5.74, 6) is -1.08. The van der Waals surface area contributed by atoms with Crippen molar-refractivity contribution >= 4 is 0 Å². The van der Waals surface area contributed by atoms with Crippen molar-refractivity contribution in [1.82, 2.24) is 10.2 Å². The average molecular weight is 264 g/mol. The minimum absolute atomic E-state index is 0.277. The molecule has 1 N–H and O–H groups in total. The van der Waals surface area contributed by atoms with Gasteiger partial charge in [-0.3, -0.25) is 4.90 Å². The maximum Gasteiger partial charge on any atom is 0.391 e. The van der Waals surface area contributed by atoms with Crippen LogP contribution in [0.2, 0.25) is 0 Å². The lowest BCUT2D eigenvalue weighted by atomic mass is 9.94. The zero-order chi connectivity index (χ0) is 13.2. The fraction of sp³-hybridized carbons (Fsp3) is 1.00. The van der Waals surface area contributed by atoms with Gasteiger partial charge in [-0.2, -0.15) is 13.2 Å². The largest absolute Gasteiger partial charge is 0.391 e. The Labute approximate surface area is 107 Å². The highest BCUT2D eigenvalue weighted by molar-refractivity contribution is 4.92. The van der Waals surface area contributed by atoms with E-state index in [1.165, 1.54) is 6.42 Å². The lowest BCUT2D eigenvalue weighted by Gasteiger charge is -2.39. The number of likely N-dealkylation sites (tertiary alicyclic amines) is 1. The first kappa shape index (κ1) is 14.1. The molecule has 0 aromatic heterocycles. The Hall–Kier alpha value is -0.290. The van der Waals surface area contributed by atoms with Crippen LogP contribution >= 0.6 is 0 Å². The number of rotatable bonds is 3. The monoisotopic (exact) mass is 264 g/mol. The van der Waals surface area contributed by atoms with Gasteiger partial charge in [-0.1, -0.05) is 13.3 Å². The quantitative estimate of drug-likeness (QED) is 0.843. The second-order valence-corrected chi connectivity index (χ2v) is 5.51. The summed E-state index contributed by atoms with van der Waals surface area (Å²) in [6, 6.07) is 0.941. The Morgan fingerprint density at radius 3 is 2.33 bits per heavy atom. The molecule has 0 bridgehead atoms. The third-order valence-corrected chi connectivity index (χ3v) is 4.41. The molecule has 1 heterocycles. The summed E-state index contributed by atoms with van der Waals surface area (Å²) >= 11 is 0. The Morgan fingerprint density at radius 1 is 1.11 bits per heavy atom. The first-order valence-electron chi connectivity index (χ1n) is 7.06. The maximum atomic E-state index is 12.6. The van der Waals surface area contributed by atoms with Gasteiger partial charge >= 0.3 is 6.18 Å². The van der Waals surface area contributed by atoms with Gasteiger partial charge in [0.1, 0.15) is 0 Å². The van der Waals surface area contributed by atoms with Gasteiger partial charge in [-0.15, -0.1) is 0 Å². The van der Waals surface area contributed by atoms with Crippen LogP contribution in [0.4, 0.5) is 13.2 Å². The van der Waals surface area contributed by atoms with Gasteiger partial charge in [0.2, 0.25) is 0 Å². The van der Waals surface area contributed by atoms with E-state index in [9.17, 15) is 13.2 Å². The van der Waals surface area contributed by atoms with Crippen molar-refractivity contribution in [2.75, 3.05) is 19.6 Å². The SMILES string of the molecule is CCNC1CCCC1N1CCC(C(F)(F)F)CC1. The van der Waals surface area contributed by atoms with E-state index in [-0.39, 0.29) is 12.8 Å². The van der Waals surface area contributed by atoms with E-state index in [1.807, 2.05) is 0 Å². The van der Waals surface area contributed by atoms with E-state index in [0.29, 0.717) is 25.2 Å². The van der Waals surface area contributed by atoms with E-state index in [0.717, 1.165) is 19.4 Å². The van der Waals surface area contributed by atoms with Crippen LogP contribution in [0.15, 0.2) is 0 Å².